The third kappa shape index (κ3) is 2.66. The van der Waals surface area contributed by atoms with Crippen molar-refractivity contribution in [1.29, 1.82) is 0 Å². The Morgan fingerprint density at radius 3 is 2.46 bits per heavy atom. The summed E-state index contributed by atoms with van der Waals surface area (Å²) in [5.74, 6) is 0. The van der Waals surface area contributed by atoms with Gasteiger partial charge in [0.2, 0.25) is 0 Å². The molecule has 0 fully saturated rings. The fourth-order valence-corrected chi connectivity index (χ4v) is 4.49. The van der Waals surface area contributed by atoms with Gasteiger partial charge in [0, 0.05) is 11.5 Å². The van der Waals surface area contributed by atoms with Crippen molar-refractivity contribution < 1.29 is 0 Å². The first kappa shape index (κ1) is 17.3. The molecule has 2 aliphatic rings. The van der Waals surface area contributed by atoms with E-state index in [1.165, 1.54) is 39.0 Å². The molecule has 0 amide bonds. The SMILES string of the molecule is CC(C1=CCC(C(C)(C)c2cccc3c2Cc2ccccc2-3)=C1)N(C)C. The second-order valence-corrected chi connectivity index (χ2v) is 8.51. The van der Waals surface area contributed by atoms with Gasteiger partial charge < -0.3 is 4.90 Å². The molecule has 134 valence electrons. The molecular formula is C25H29N. The van der Waals surface area contributed by atoms with Crippen LogP contribution in [0.15, 0.2) is 65.8 Å². The van der Waals surface area contributed by atoms with Crippen molar-refractivity contribution in [2.45, 2.75) is 45.1 Å². The lowest BCUT2D eigenvalue weighted by Crippen LogP contribution is -2.26. The summed E-state index contributed by atoms with van der Waals surface area (Å²) in [6, 6.07) is 16.2. The molecule has 2 aromatic carbocycles. The van der Waals surface area contributed by atoms with Crippen LogP contribution in [0.2, 0.25) is 0 Å². The minimum Gasteiger partial charge on any atom is -0.303 e. The van der Waals surface area contributed by atoms with E-state index in [2.05, 4.69) is 94.4 Å². The lowest BCUT2D eigenvalue weighted by Gasteiger charge is -2.30. The highest BCUT2D eigenvalue weighted by Gasteiger charge is 2.33. The Labute approximate surface area is 158 Å². The van der Waals surface area contributed by atoms with Crippen molar-refractivity contribution in [3.05, 3.63) is 82.5 Å². The zero-order valence-corrected chi connectivity index (χ0v) is 16.6. The Hall–Kier alpha value is -2.12. The summed E-state index contributed by atoms with van der Waals surface area (Å²) >= 11 is 0. The van der Waals surface area contributed by atoms with Gasteiger partial charge in [0.1, 0.15) is 0 Å². The molecule has 0 N–H and O–H groups in total. The van der Waals surface area contributed by atoms with Gasteiger partial charge >= 0.3 is 0 Å². The van der Waals surface area contributed by atoms with E-state index in [9.17, 15) is 0 Å². The molecular weight excluding hydrogens is 314 g/mol. The van der Waals surface area contributed by atoms with Crippen molar-refractivity contribution in [3.63, 3.8) is 0 Å². The molecule has 2 aliphatic carbocycles. The fourth-order valence-electron chi connectivity index (χ4n) is 4.49. The number of rotatable bonds is 4. The van der Waals surface area contributed by atoms with E-state index in [4.69, 9.17) is 0 Å². The Bertz CT molecular complexity index is 912. The van der Waals surface area contributed by atoms with Crippen LogP contribution in [0.1, 0.15) is 43.9 Å². The average molecular weight is 344 g/mol. The van der Waals surface area contributed by atoms with E-state index in [0.717, 1.165) is 12.8 Å². The van der Waals surface area contributed by atoms with Crippen LogP contribution < -0.4 is 0 Å². The highest BCUT2D eigenvalue weighted by atomic mass is 15.1. The molecule has 0 saturated heterocycles. The minimum absolute atomic E-state index is 0.0532. The summed E-state index contributed by atoms with van der Waals surface area (Å²) in [7, 11) is 4.31. The van der Waals surface area contributed by atoms with Crippen LogP contribution in [-0.4, -0.2) is 25.0 Å². The normalized spacial score (nSPS) is 17.0. The second-order valence-electron chi connectivity index (χ2n) is 8.51. The van der Waals surface area contributed by atoms with Gasteiger partial charge in [-0.2, -0.15) is 0 Å². The predicted molar refractivity (Wildman–Crippen MR) is 112 cm³/mol. The Kier molecular flexibility index (Phi) is 4.16. The first-order valence-electron chi connectivity index (χ1n) is 9.67. The highest BCUT2D eigenvalue weighted by molar-refractivity contribution is 5.78. The van der Waals surface area contributed by atoms with E-state index in [1.54, 1.807) is 0 Å². The van der Waals surface area contributed by atoms with Crippen LogP contribution in [0.25, 0.3) is 11.1 Å². The molecule has 1 nitrogen and oxygen atoms in total. The van der Waals surface area contributed by atoms with E-state index in [-0.39, 0.29) is 5.41 Å². The molecule has 0 aromatic heterocycles. The summed E-state index contributed by atoms with van der Waals surface area (Å²) in [5.41, 5.74) is 10.4. The zero-order chi connectivity index (χ0) is 18.5. The van der Waals surface area contributed by atoms with Crippen molar-refractivity contribution in [2.75, 3.05) is 14.1 Å². The molecule has 0 aliphatic heterocycles. The first-order valence-corrected chi connectivity index (χ1v) is 9.67. The van der Waals surface area contributed by atoms with Gasteiger partial charge in [-0.1, -0.05) is 74.0 Å². The van der Waals surface area contributed by atoms with Gasteiger partial charge in [-0.25, -0.2) is 0 Å². The molecule has 2 aromatic rings. The van der Waals surface area contributed by atoms with Gasteiger partial charge in [0.15, 0.2) is 0 Å². The molecule has 0 heterocycles. The number of likely N-dealkylation sites (N-methyl/N-ethyl adjacent to an activating group) is 1. The molecule has 0 saturated carbocycles. The summed E-state index contributed by atoms with van der Waals surface area (Å²) in [6.07, 6.45) is 7.00. The van der Waals surface area contributed by atoms with E-state index in [0.29, 0.717) is 6.04 Å². The number of nitrogens with zero attached hydrogens (tertiary/aromatic N) is 1. The third-order valence-electron chi connectivity index (χ3n) is 6.48. The van der Waals surface area contributed by atoms with Gasteiger partial charge in [0.05, 0.1) is 0 Å². The van der Waals surface area contributed by atoms with E-state index < -0.39 is 0 Å². The number of hydrogen-bond donors (Lipinski definition) is 0. The van der Waals surface area contributed by atoms with Crippen molar-refractivity contribution >= 4 is 0 Å². The van der Waals surface area contributed by atoms with Crippen molar-refractivity contribution in [3.8, 4) is 11.1 Å². The topological polar surface area (TPSA) is 3.24 Å². The maximum atomic E-state index is 2.45. The van der Waals surface area contributed by atoms with Crippen molar-refractivity contribution in [2.24, 2.45) is 0 Å². The Morgan fingerprint density at radius 2 is 1.69 bits per heavy atom. The van der Waals surface area contributed by atoms with Gasteiger partial charge in [-0.05, 0) is 67.3 Å². The molecule has 26 heavy (non-hydrogen) atoms. The van der Waals surface area contributed by atoms with E-state index in [1.807, 2.05) is 0 Å². The monoisotopic (exact) mass is 343 g/mol. The molecule has 1 unspecified atom stereocenters. The highest BCUT2D eigenvalue weighted by Crippen LogP contribution is 2.45. The number of benzene rings is 2. The number of hydrogen-bond acceptors (Lipinski definition) is 1. The van der Waals surface area contributed by atoms with Gasteiger partial charge in [-0.3, -0.25) is 0 Å². The largest absolute Gasteiger partial charge is 0.303 e. The van der Waals surface area contributed by atoms with Crippen LogP contribution in [0.5, 0.6) is 0 Å². The van der Waals surface area contributed by atoms with Crippen LogP contribution in [-0.2, 0) is 11.8 Å². The summed E-state index contributed by atoms with van der Waals surface area (Å²) in [4.78, 5) is 2.29. The second kappa shape index (κ2) is 6.25. The molecule has 0 spiro atoms. The molecule has 0 bridgehead atoms. The standard InChI is InChI=1S/C25H29N/c1-17(26(4)5)18-13-14-20(15-18)25(2,3)24-12-8-11-22-21-10-7-6-9-19(21)16-23(22)24/h6-13,15,17H,14,16H2,1-5H3. The van der Waals surface area contributed by atoms with Crippen LogP contribution in [0.4, 0.5) is 0 Å². The predicted octanol–water partition coefficient (Wildman–Crippen LogP) is 5.74. The third-order valence-corrected chi connectivity index (χ3v) is 6.48. The number of fused-ring (bicyclic) bond motifs is 3. The zero-order valence-electron chi connectivity index (χ0n) is 16.6. The van der Waals surface area contributed by atoms with Crippen LogP contribution in [0.3, 0.4) is 0 Å². The lowest BCUT2D eigenvalue weighted by atomic mass is 9.74. The molecule has 1 atom stereocenters. The Morgan fingerprint density at radius 1 is 0.962 bits per heavy atom. The average Bonchev–Trinajstić information content (AvgIpc) is 3.25. The number of allylic oxidation sites excluding steroid dienone is 2. The Balaban J connectivity index is 1.72. The quantitative estimate of drug-likeness (QED) is 0.584. The van der Waals surface area contributed by atoms with Gasteiger partial charge in [0.25, 0.3) is 0 Å². The van der Waals surface area contributed by atoms with Crippen LogP contribution >= 0.6 is 0 Å². The van der Waals surface area contributed by atoms with E-state index >= 15 is 0 Å². The maximum absolute atomic E-state index is 2.45. The summed E-state index contributed by atoms with van der Waals surface area (Å²) in [5, 5.41) is 0. The minimum atomic E-state index is 0.0532. The molecule has 0 radical (unpaired) electrons. The lowest BCUT2D eigenvalue weighted by molar-refractivity contribution is 0.355. The molecule has 1 heteroatoms. The summed E-state index contributed by atoms with van der Waals surface area (Å²) in [6.45, 7) is 7.08. The maximum Gasteiger partial charge on any atom is 0.0310 e. The molecule has 4 rings (SSSR count). The summed E-state index contributed by atoms with van der Waals surface area (Å²) < 4.78 is 0. The van der Waals surface area contributed by atoms with Crippen LogP contribution in [0, 0.1) is 0 Å². The first-order chi connectivity index (χ1) is 12.4. The smallest absolute Gasteiger partial charge is 0.0310 e. The fraction of sp³-hybridized carbons (Fsp3) is 0.360. The van der Waals surface area contributed by atoms with Crippen molar-refractivity contribution in [1.82, 2.24) is 4.90 Å². The van der Waals surface area contributed by atoms with Gasteiger partial charge in [-0.15, -0.1) is 0 Å².